The predicted octanol–water partition coefficient (Wildman–Crippen LogP) is 3.89. The fourth-order valence-electron chi connectivity index (χ4n) is 2.77. The van der Waals surface area contributed by atoms with Gasteiger partial charge >= 0.3 is 0 Å². The van der Waals surface area contributed by atoms with E-state index in [1.807, 2.05) is 54.6 Å². The van der Waals surface area contributed by atoms with E-state index in [1.54, 1.807) is 0 Å². The highest BCUT2D eigenvalue weighted by Crippen LogP contribution is 2.21. The van der Waals surface area contributed by atoms with E-state index in [2.05, 4.69) is 17.3 Å². The van der Waals surface area contributed by atoms with E-state index in [9.17, 15) is 4.79 Å². The van der Waals surface area contributed by atoms with E-state index >= 15 is 0 Å². The van der Waals surface area contributed by atoms with Crippen LogP contribution in [-0.4, -0.2) is 42.8 Å². The van der Waals surface area contributed by atoms with Crippen molar-refractivity contribution in [2.24, 2.45) is 0 Å². The second-order valence-electron chi connectivity index (χ2n) is 6.29. The van der Waals surface area contributed by atoms with E-state index in [1.165, 1.54) is 11.8 Å². The quantitative estimate of drug-likeness (QED) is 0.797. The lowest BCUT2D eigenvalue weighted by atomic mass is 10.1. The molecule has 132 valence electrons. The van der Waals surface area contributed by atoms with Crippen molar-refractivity contribution in [1.29, 1.82) is 0 Å². The topological polar surface area (TPSA) is 41.6 Å². The molecule has 0 bridgehead atoms. The molecule has 1 saturated heterocycles. The minimum atomic E-state index is -0.00200. The van der Waals surface area contributed by atoms with Crippen molar-refractivity contribution < 1.29 is 9.53 Å². The number of nitrogens with one attached hydrogen (secondary N) is 1. The van der Waals surface area contributed by atoms with Gasteiger partial charge in [-0.25, -0.2) is 0 Å². The summed E-state index contributed by atoms with van der Waals surface area (Å²) in [5, 5.41) is 2.93. The van der Waals surface area contributed by atoms with E-state index in [0.717, 1.165) is 42.3 Å². The van der Waals surface area contributed by atoms with Crippen molar-refractivity contribution in [2.45, 2.75) is 23.8 Å². The average Bonchev–Trinajstić information content (AvgIpc) is 2.64. The summed E-state index contributed by atoms with van der Waals surface area (Å²) in [6.45, 7) is 2.16. The zero-order valence-corrected chi connectivity index (χ0v) is 15.3. The summed E-state index contributed by atoms with van der Waals surface area (Å²) in [5.74, 6) is 1.27. The summed E-state index contributed by atoms with van der Waals surface area (Å²) in [6, 6.07) is 17.6. The van der Waals surface area contributed by atoms with Gasteiger partial charge in [-0.2, -0.15) is 0 Å². The molecular weight excluding hydrogens is 332 g/mol. The van der Waals surface area contributed by atoms with Crippen LogP contribution < -0.4 is 10.1 Å². The minimum Gasteiger partial charge on any atom is -0.490 e. The smallest absolute Gasteiger partial charge is 0.234 e. The molecule has 5 heteroatoms. The summed E-state index contributed by atoms with van der Waals surface area (Å²) in [7, 11) is 2.14. The molecule has 1 heterocycles. The maximum absolute atomic E-state index is 12.1. The minimum absolute atomic E-state index is 0.00200. The Bertz CT molecular complexity index is 668. The van der Waals surface area contributed by atoms with Gasteiger partial charge in [0, 0.05) is 23.7 Å². The third-order valence-corrected chi connectivity index (χ3v) is 5.23. The molecule has 1 aliphatic rings. The van der Waals surface area contributed by atoms with Crippen LogP contribution in [0.4, 0.5) is 5.69 Å². The second-order valence-corrected chi connectivity index (χ2v) is 7.34. The molecule has 3 rings (SSSR count). The number of piperidine rings is 1. The molecule has 1 fully saturated rings. The van der Waals surface area contributed by atoms with Crippen LogP contribution in [0.25, 0.3) is 0 Å². The largest absolute Gasteiger partial charge is 0.490 e. The molecule has 0 saturated carbocycles. The van der Waals surface area contributed by atoms with Crippen LogP contribution in [-0.2, 0) is 4.79 Å². The number of carbonyl (C=O) groups is 1. The van der Waals surface area contributed by atoms with Crippen LogP contribution in [0.3, 0.4) is 0 Å². The molecule has 4 nitrogen and oxygen atoms in total. The van der Waals surface area contributed by atoms with Crippen molar-refractivity contribution in [2.75, 3.05) is 31.2 Å². The van der Waals surface area contributed by atoms with Gasteiger partial charge in [0.05, 0.1) is 5.75 Å². The third-order valence-electron chi connectivity index (χ3n) is 4.22. The van der Waals surface area contributed by atoms with Gasteiger partial charge in [0.25, 0.3) is 0 Å². The predicted molar refractivity (Wildman–Crippen MR) is 103 cm³/mol. The monoisotopic (exact) mass is 356 g/mol. The van der Waals surface area contributed by atoms with Crippen LogP contribution in [0, 0.1) is 0 Å². The molecule has 0 spiro atoms. The van der Waals surface area contributed by atoms with Gasteiger partial charge in [-0.15, -0.1) is 11.8 Å². The number of ether oxygens (including phenoxy) is 1. The van der Waals surface area contributed by atoms with Gasteiger partial charge < -0.3 is 15.0 Å². The normalized spacial score (nSPS) is 15.7. The Morgan fingerprint density at radius 1 is 1.12 bits per heavy atom. The van der Waals surface area contributed by atoms with E-state index < -0.39 is 0 Å². The first-order chi connectivity index (χ1) is 12.2. The molecule has 0 aliphatic carbocycles. The summed E-state index contributed by atoms with van der Waals surface area (Å²) in [4.78, 5) is 15.5. The number of anilines is 1. The van der Waals surface area contributed by atoms with Crippen molar-refractivity contribution >= 4 is 23.4 Å². The first kappa shape index (κ1) is 17.8. The number of rotatable bonds is 6. The number of hydrogen-bond donors (Lipinski definition) is 1. The Morgan fingerprint density at radius 3 is 2.48 bits per heavy atom. The number of carbonyl (C=O) groups excluding carboxylic acids is 1. The summed E-state index contributed by atoms with van der Waals surface area (Å²) < 4.78 is 6.03. The molecule has 0 unspecified atom stereocenters. The molecule has 0 aromatic heterocycles. The van der Waals surface area contributed by atoms with Crippen molar-refractivity contribution in [1.82, 2.24) is 4.90 Å². The molecular formula is C20H24N2O2S. The number of nitrogens with zero attached hydrogens (tertiary/aromatic N) is 1. The number of thioether (sulfide) groups is 1. The molecule has 1 N–H and O–H groups in total. The van der Waals surface area contributed by atoms with Crippen molar-refractivity contribution in [3.8, 4) is 5.75 Å². The van der Waals surface area contributed by atoms with Crippen molar-refractivity contribution in [3.05, 3.63) is 54.6 Å². The Kier molecular flexibility index (Phi) is 6.36. The zero-order valence-electron chi connectivity index (χ0n) is 14.5. The summed E-state index contributed by atoms with van der Waals surface area (Å²) in [5.41, 5.74) is 0.800. The summed E-state index contributed by atoms with van der Waals surface area (Å²) >= 11 is 1.53. The van der Waals surface area contributed by atoms with Crippen LogP contribution in [0.15, 0.2) is 59.5 Å². The SMILES string of the molecule is CN1CCC(Oc2ccc(NC(=O)CSc3ccccc3)cc2)CC1. The fourth-order valence-corrected chi connectivity index (χ4v) is 3.49. The lowest BCUT2D eigenvalue weighted by molar-refractivity contribution is -0.113. The van der Waals surface area contributed by atoms with Crippen LogP contribution in [0.1, 0.15) is 12.8 Å². The first-order valence-corrected chi connectivity index (χ1v) is 9.60. The molecule has 2 aromatic carbocycles. The van der Waals surface area contributed by atoms with E-state index in [-0.39, 0.29) is 5.91 Å². The zero-order chi connectivity index (χ0) is 17.5. The van der Waals surface area contributed by atoms with Gasteiger partial charge in [0.1, 0.15) is 11.9 Å². The Labute approximate surface area is 153 Å². The molecule has 0 radical (unpaired) electrons. The van der Waals surface area contributed by atoms with Gasteiger partial charge in [-0.3, -0.25) is 4.79 Å². The Morgan fingerprint density at radius 2 is 1.80 bits per heavy atom. The van der Waals surface area contributed by atoms with Gasteiger partial charge in [-0.1, -0.05) is 18.2 Å². The van der Waals surface area contributed by atoms with E-state index in [4.69, 9.17) is 4.74 Å². The molecule has 1 amide bonds. The maximum atomic E-state index is 12.1. The molecule has 0 atom stereocenters. The van der Waals surface area contributed by atoms with Gasteiger partial charge in [0.2, 0.25) is 5.91 Å². The highest BCUT2D eigenvalue weighted by molar-refractivity contribution is 8.00. The Balaban J connectivity index is 1.44. The lowest BCUT2D eigenvalue weighted by Gasteiger charge is -2.29. The van der Waals surface area contributed by atoms with E-state index in [0.29, 0.717) is 11.9 Å². The van der Waals surface area contributed by atoms with Crippen LogP contribution >= 0.6 is 11.8 Å². The van der Waals surface area contributed by atoms with Crippen molar-refractivity contribution in [3.63, 3.8) is 0 Å². The number of amides is 1. The highest BCUT2D eigenvalue weighted by Gasteiger charge is 2.17. The maximum Gasteiger partial charge on any atom is 0.234 e. The molecule has 25 heavy (non-hydrogen) atoms. The number of benzene rings is 2. The molecule has 1 aliphatic heterocycles. The Hall–Kier alpha value is -1.98. The van der Waals surface area contributed by atoms with Crippen LogP contribution in [0.2, 0.25) is 0 Å². The number of likely N-dealkylation sites (tertiary alicyclic amines) is 1. The molecule has 2 aromatic rings. The van der Waals surface area contributed by atoms with Crippen LogP contribution in [0.5, 0.6) is 5.75 Å². The standard InChI is InChI=1S/C20H24N2O2S/c1-22-13-11-18(12-14-22)24-17-9-7-16(8-10-17)21-20(23)15-25-19-5-3-2-4-6-19/h2-10,18H,11-15H2,1H3,(H,21,23). The second kappa shape index (κ2) is 8.92. The number of hydrogen-bond acceptors (Lipinski definition) is 4. The lowest BCUT2D eigenvalue weighted by Crippen LogP contribution is -2.35. The van der Waals surface area contributed by atoms with Gasteiger partial charge in [0.15, 0.2) is 0 Å². The average molecular weight is 356 g/mol. The fraction of sp³-hybridized carbons (Fsp3) is 0.350. The highest BCUT2D eigenvalue weighted by atomic mass is 32.2. The van der Waals surface area contributed by atoms with Gasteiger partial charge in [-0.05, 0) is 56.3 Å². The third kappa shape index (κ3) is 5.80. The first-order valence-electron chi connectivity index (χ1n) is 8.62. The summed E-state index contributed by atoms with van der Waals surface area (Å²) in [6.07, 6.45) is 2.41.